The summed E-state index contributed by atoms with van der Waals surface area (Å²) >= 11 is 0. The third kappa shape index (κ3) is 3.46. The van der Waals surface area contributed by atoms with E-state index in [0.29, 0.717) is 5.69 Å². The van der Waals surface area contributed by atoms with Crippen molar-refractivity contribution in [3.8, 4) is 6.07 Å². The summed E-state index contributed by atoms with van der Waals surface area (Å²) in [5.74, 6) is 0.600. The van der Waals surface area contributed by atoms with Crippen molar-refractivity contribution < 1.29 is 4.39 Å². The second kappa shape index (κ2) is 6.71. The fourth-order valence-corrected chi connectivity index (χ4v) is 2.87. The molecule has 5 nitrogen and oxygen atoms in total. The lowest BCUT2D eigenvalue weighted by Gasteiger charge is -2.38. The Morgan fingerprint density at radius 2 is 1.91 bits per heavy atom. The van der Waals surface area contributed by atoms with Gasteiger partial charge in [0.05, 0.1) is 0 Å². The van der Waals surface area contributed by atoms with Crippen molar-refractivity contribution >= 4 is 5.82 Å². The first-order valence-corrected chi connectivity index (χ1v) is 7.65. The van der Waals surface area contributed by atoms with Gasteiger partial charge in [-0.3, -0.25) is 4.90 Å². The third-order valence-corrected chi connectivity index (χ3v) is 4.28. The SMILES string of the molecule is CC(c1cccc(F)c1)N1CCN(c2ccc(C#N)nn2)CC1. The number of hydrogen-bond donors (Lipinski definition) is 0. The maximum Gasteiger partial charge on any atom is 0.163 e. The van der Waals surface area contributed by atoms with E-state index in [1.165, 1.54) is 6.07 Å². The highest BCUT2D eigenvalue weighted by molar-refractivity contribution is 5.39. The molecule has 118 valence electrons. The maximum atomic E-state index is 13.4. The summed E-state index contributed by atoms with van der Waals surface area (Å²) in [6.45, 7) is 5.52. The molecule has 0 N–H and O–H groups in total. The maximum absolute atomic E-state index is 13.4. The fraction of sp³-hybridized carbons (Fsp3) is 0.353. The number of aromatic nitrogens is 2. The van der Waals surface area contributed by atoms with E-state index in [0.717, 1.165) is 37.6 Å². The molecule has 1 aromatic carbocycles. The summed E-state index contributed by atoms with van der Waals surface area (Å²) in [5.41, 5.74) is 1.32. The van der Waals surface area contributed by atoms with E-state index in [4.69, 9.17) is 5.26 Å². The number of nitriles is 1. The number of anilines is 1. The largest absolute Gasteiger partial charge is 0.353 e. The lowest BCUT2D eigenvalue weighted by molar-refractivity contribution is 0.198. The Bertz CT molecular complexity index is 702. The van der Waals surface area contributed by atoms with Crippen molar-refractivity contribution in [2.45, 2.75) is 13.0 Å². The van der Waals surface area contributed by atoms with Gasteiger partial charge in [-0.1, -0.05) is 12.1 Å². The zero-order chi connectivity index (χ0) is 16.2. The van der Waals surface area contributed by atoms with Crippen LogP contribution in [0, 0.1) is 17.1 Å². The van der Waals surface area contributed by atoms with Gasteiger partial charge in [0.2, 0.25) is 0 Å². The van der Waals surface area contributed by atoms with Crippen LogP contribution in [0.1, 0.15) is 24.2 Å². The number of benzene rings is 1. The van der Waals surface area contributed by atoms with Crippen molar-refractivity contribution in [3.63, 3.8) is 0 Å². The number of rotatable bonds is 3. The average molecular weight is 311 g/mol. The smallest absolute Gasteiger partial charge is 0.163 e. The normalized spacial score (nSPS) is 16.8. The Morgan fingerprint density at radius 3 is 2.52 bits per heavy atom. The van der Waals surface area contributed by atoms with Gasteiger partial charge < -0.3 is 4.90 Å². The van der Waals surface area contributed by atoms with Crippen molar-refractivity contribution in [1.29, 1.82) is 5.26 Å². The van der Waals surface area contributed by atoms with Crippen LogP contribution in [0.25, 0.3) is 0 Å². The molecule has 0 spiro atoms. The summed E-state index contributed by atoms with van der Waals surface area (Å²) in [4.78, 5) is 4.49. The minimum Gasteiger partial charge on any atom is -0.353 e. The highest BCUT2D eigenvalue weighted by Gasteiger charge is 2.23. The Hall–Kier alpha value is -2.52. The van der Waals surface area contributed by atoms with E-state index in [1.807, 2.05) is 18.2 Å². The molecule has 0 saturated carbocycles. The molecule has 1 fully saturated rings. The number of hydrogen-bond acceptors (Lipinski definition) is 5. The van der Waals surface area contributed by atoms with Gasteiger partial charge in [0.25, 0.3) is 0 Å². The lowest BCUT2D eigenvalue weighted by Crippen LogP contribution is -2.47. The van der Waals surface area contributed by atoms with Crippen LogP contribution in [0.5, 0.6) is 0 Å². The lowest BCUT2D eigenvalue weighted by atomic mass is 10.1. The van der Waals surface area contributed by atoms with E-state index in [-0.39, 0.29) is 11.9 Å². The summed E-state index contributed by atoms with van der Waals surface area (Å²) in [6, 6.07) is 12.5. The average Bonchev–Trinajstić information content (AvgIpc) is 2.61. The van der Waals surface area contributed by atoms with Crippen molar-refractivity contribution in [1.82, 2.24) is 15.1 Å². The molecule has 3 rings (SSSR count). The predicted molar refractivity (Wildman–Crippen MR) is 85.3 cm³/mol. The van der Waals surface area contributed by atoms with E-state index in [9.17, 15) is 4.39 Å². The third-order valence-electron chi connectivity index (χ3n) is 4.28. The number of halogens is 1. The van der Waals surface area contributed by atoms with E-state index in [1.54, 1.807) is 18.2 Å². The molecular formula is C17H18FN5. The molecule has 0 amide bonds. The molecule has 1 saturated heterocycles. The zero-order valence-corrected chi connectivity index (χ0v) is 13.0. The van der Waals surface area contributed by atoms with Crippen molar-refractivity contribution in [3.05, 3.63) is 53.5 Å². The molecular weight excluding hydrogens is 293 g/mol. The van der Waals surface area contributed by atoms with Crippen molar-refractivity contribution in [2.75, 3.05) is 31.1 Å². The Balaban J connectivity index is 1.62. The first-order chi connectivity index (χ1) is 11.2. The molecule has 1 aromatic heterocycles. The molecule has 0 radical (unpaired) electrons. The Kier molecular flexibility index (Phi) is 4.49. The van der Waals surface area contributed by atoms with Gasteiger partial charge in [0.1, 0.15) is 11.9 Å². The van der Waals surface area contributed by atoms with Gasteiger partial charge in [-0.05, 0) is 36.8 Å². The van der Waals surface area contributed by atoms with Crippen LogP contribution >= 0.6 is 0 Å². The van der Waals surface area contributed by atoms with Gasteiger partial charge in [-0.2, -0.15) is 5.26 Å². The summed E-state index contributed by atoms with van der Waals surface area (Å²) in [5, 5.41) is 16.7. The van der Waals surface area contributed by atoms with Crippen molar-refractivity contribution in [2.24, 2.45) is 0 Å². The van der Waals surface area contributed by atoms with Gasteiger partial charge in [0.15, 0.2) is 11.5 Å². The van der Waals surface area contributed by atoms with E-state index in [2.05, 4.69) is 26.9 Å². The number of nitrogens with zero attached hydrogens (tertiary/aromatic N) is 5. The van der Waals surface area contributed by atoms with Gasteiger partial charge >= 0.3 is 0 Å². The van der Waals surface area contributed by atoms with Gasteiger partial charge in [0, 0.05) is 32.2 Å². The molecule has 1 aliphatic rings. The molecule has 0 aliphatic carbocycles. The van der Waals surface area contributed by atoms with Crippen LogP contribution in [-0.4, -0.2) is 41.3 Å². The Labute approximate surface area is 135 Å². The molecule has 1 aliphatic heterocycles. The molecule has 2 heterocycles. The second-order valence-electron chi connectivity index (χ2n) is 5.64. The van der Waals surface area contributed by atoms with Crippen LogP contribution in [0.2, 0.25) is 0 Å². The molecule has 0 bridgehead atoms. The molecule has 6 heteroatoms. The summed E-state index contributed by atoms with van der Waals surface area (Å²) in [6.07, 6.45) is 0. The molecule has 23 heavy (non-hydrogen) atoms. The highest BCUT2D eigenvalue weighted by atomic mass is 19.1. The van der Waals surface area contributed by atoms with Gasteiger partial charge in [-0.25, -0.2) is 4.39 Å². The first kappa shape index (κ1) is 15.4. The summed E-state index contributed by atoms with van der Waals surface area (Å²) in [7, 11) is 0. The predicted octanol–water partition coefficient (Wildman–Crippen LogP) is 2.37. The molecule has 1 unspecified atom stereocenters. The standard InChI is InChI=1S/C17H18FN5/c1-13(14-3-2-4-15(18)11-14)22-7-9-23(10-8-22)17-6-5-16(12-19)20-21-17/h2-6,11,13H,7-10H2,1H3. The van der Waals surface area contributed by atoms with E-state index >= 15 is 0 Å². The van der Waals surface area contributed by atoms with Crippen LogP contribution in [-0.2, 0) is 0 Å². The topological polar surface area (TPSA) is 56.0 Å². The summed E-state index contributed by atoms with van der Waals surface area (Å²) < 4.78 is 13.4. The molecule has 1 atom stereocenters. The van der Waals surface area contributed by atoms with E-state index < -0.39 is 0 Å². The quantitative estimate of drug-likeness (QED) is 0.871. The van der Waals surface area contributed by atoms with Crippen LogP contribution in [0.4, 0.5) is 10.2 Å². The zero-order valence-electron chi connectivity index (χ0n) is 13.0. The number of piperazine rings is 1. The fourth-order valence-electron chi connectivity index (χ4n) is 2.87. The monoisotopic (exact) mass is 311 g/mol. The van der Waals surface area contributed by atoms with Gasteiger partial charge in [-0.15, -0.1) is 10.2 Å². The minimum atomic E-state index is -0.194. The van der Waals surface area contributed by atoms with Crippen LogP contribution in [0.15, 0.2) is 36.4 Å². The Morgan fingerprint density at radius 1 is 1.13 bits per heavy atom. The minimum absolute atomic E-state index is 0.180. The second-order valence-corrected chi connectivity index (χ2v) is 5.64. The first-order valence-electron chi connectivity index (χ1n) is 7.65. The van der Waals surface area contributed by atoms with Crippen LogP contribution in [0.3, 0.4) is 0 Å². The van der Waals surface area contributed by atoms with Crippen LogP contribution < -0.4 is 4.90 Å². The molecule has 2 aromatic rings. The highest BCUT2D eigenvalue weighted by Crippen LogP contribution is 2.23.